The fourth-order valence-electron chi connectivity index (χ4n) is 3.88. The Balaban J connectivity index is 1.39. The van der Waals surface area contributed by atoms with Gasteiger partial charge in [-0.1, -0.05) is 12.2 Å². The third-order valence-corrected chi connectivity index (χ3v) is 5.42. The van der Waals surface area contributed by atoms with Crippen LogP contribution < -0.4 is 20.9 Å². The lowest BCUT2D eigenvalue weighted by Gasteiger charge is -2.31. The first kappa shape index (κ1) is 20.4. The summed E-state index contributed by atoms with van der Waals surface area (Å²) in [6.45, 7) is 3.22. The predicted octanol–water partition coefficient (Wildman–Crippen LogP) is 0.849. The number of aromatic nitrogens is 1. The fourth-order valence-corrected chi connectivity index (χ4v) is 3.88. The number of piperazine rings is 1. The van der Waals surface area contributed by atoms with E-state index in [9.17, 15) is 9.18 Å². The number of rotatable bonds is 7. The lowest BCUT2D eigenvalue weighted by molar-refractivity contribution is -0.139. The molecule has 0 bridgehead atoms. The topological polar surface area (TPSA) is 115 Å². The highest BCUT2D eigenvalue weighted by molar-refractivity contribution is 6.01. The van der Waals surface area contributed by atoms with Crippen LogP contribution in [0, 0.1) is 5.41 Å². The zero-order valence-corrected chi connectivity index (χ0v) is 16.6. The first-order valence-corrected chi connectivity index (χ1v) is 10.2. The molecule has 4 atom stereocenters. The van der Waals surface area contributed by atoms with Crippen molar-refractivity contribution >= 4 is 29.3 Å². The molecule has 0 saturated carbocycles. The van der Waals surface area contributed by atoms with Crippen LogP contribution in [0.3, 0.4) is 0 Å². The smallest absolute Gasteiger partial charge is 0.286 e. The number of fused-ring (bicyclic) bond motifs is 1. The third-order valence-electron chi connectivity index (χ3n) is 5.42. The molecule has 4 N–H and O–H groups in total. The Morgan fingerprint density at radius 1 is 1.43 bits per heavy atom. The zero-order chi connectivity index (χ0) is 20.9. The molecule has 1 aromatic rings. The number of carbonyl (C=O) groups excluding carboxylic acids is 1. The minimum absolute atomic E-state index is 0.0383. The number of ether oxygens (including phenoxy) is 1. The van der Waals surface area contributed by atoms with Crippen molar-refractivity contribution in [2.75, 3.05) is 36.4 Å². The summed E-state index contributed by atoms with van der Waals surface area (Å²) in [4.78, 5) is 23.1. The summed E-state index contributed by atoms with van der Waals surface area (Å²) in [6, 6.07) is 1.88. The number of anilines is 2. The number of amidine groups is 1. The lowest BCUT2D eigenvalue weighted by atomic mass is 9.99. The van der Waals surface area contributed by atoms with E-state index in [1.165, 1.54) is 6.20 Å². The van der Waals surface area contributed by atoms with E-state index in [0.717, 1.165) is 50.9 Å². The van der Waals surface area contributed by atoms with E-state index >= 15 is 0 Å². The van der Waals surface area contributed by atoms with E-state index in [2.05, 4.69) is 36.9 Å². The molecule has 3 aliphatic rings. The predicted molar refractivity (Wildman–Crippen MR) is 113 cm³/mol. The number of nitrogens with one attached hydrogen (secondary N) is 4. The average molecular weight is 415 g/mol. The first-order valence-electron chi connectivity index (χ1n) is 10.2. The van der Waals surface area contributed by atoms with Crippen molar-refractivity contribution in [2.45, 2.75) is 37.4 Å². The molecule has 1 amide bonds. The van der Waals surface area contributed by atoms with Crippen LogP contribution in [0.5, 0.6) is 0 Å². The number of alkyl halides is 1. The van der Waals surface area contributed by atoms with E-state index in [4.69, 9.17) is 10.1 Å². The first-order chi connectivity index (χ1) is 14.7. The van der Waals surface area contributed by atoms with Gasteiger partial charge in [-0.25, -0.2) is 4.39 Å². The molecule has 3 heterocycles. The highest BCUT2D eigenvalue weighted by atomic mass is 19.1. The van der Waals surface area contributed by atoms with Gasteiger partial charge in [0.1, 0.15) is 5.84 Å². The number of allylic oxidation sites excluding steroid dienone is 1. The van der Waals surface area contributed by atoms with E-state index in [0.29, 0.717) is 11.5 Å². The van der Waals surface area contributed by atoms with Gasteiger partial charge in [-0.2, -0.15) is 0 Å². The molecule has 9 nitrogen and oxygen atoms in total. The highest BCUT2D eigenvalue weighted by Gasteiger charge is 2.34. The molecule has 0 aromatic carbocycles. The van der Waals surface area contributed by atoms with Gasteiger partial charge in [0.15, 0.2) is 6.10 Å². The third kappa shape index (κ3) is 4.49. The summed E-state index contributed by atoms with van der Waals surface area (Å²) in [5, 5.41) is 16.6. The molecule has 1 fully saturated rings. The van der Waals surface area contributed by atoms with E-state index in [1.54, 1.807) is 12.3 Å². The monoisotopic (exact) mass is 415 g/mol. The van der Waals surface area contributed by atoms with E-state index in [-0.39, 0.29) is 12.1 Å². The molecule has 30 heavy (non-hydrogen) atoms. The Hall–Kier alpha value is -2.85. The number of carbonyl (C=O) groups is 1. The molecular formula is C20H26FN7O2. The van der Waals surface area contributed by atoms with Crippen LogP contribution in [0.15, 0.2) is 35.6 Å². The van der Waals surface area contributed by atoms with Gasteiger partial charge >= 0.3 is 0 Å². The van der Waals surface area contributed by atoms with Crippen molar-refractivity contribution in [3.05, 3.63) is 30.6 Å². The maximum atomic E-state index is 14.6. The number of hydrogen-bond acceptors (Lipinski definition) is 8. The largest absolute Gasteiger partial charge is 0.367 e. The van der Waals surface area contributed by atoms with Crippen LogP contribution in [-0.2, 0) is 9.53 Å². The number of aliphatic imine (C=N–C) groups is 1. The van der Waals surface area contributed by atoms with Crippen molar-refractivity contribution < 1.29 is 13.9 Å². The van der Waals surface area contributed by atoms with E-state index < -0.39 is 18.4 Å². The van der Waals surface area contributed by atoms with Crippen LogP contribution in [0.4, 0.5) is 15.8 Å². The minimum Gasteiger partial charge on any atom is -0.367 e. The van der Waals surface area contributed by atoms with Crippen molar-refractivity contribution in [3.63, 3.8) is 0 Å². The fraction of sp³-hybridized carbons (Fsp3) is 0.500. The highest BCUT2D eigenvalue weighted by Crippen LogP contribution is 2.25. The molecule has 4 unspecified atom stereocenters. The Kier molecular flexibility index (Phi) is 6.34. The van der Waals surface area contributed by atoms with Gasteiger partial charge in [0.05, 0.1) is 29.7 Å². The number of pyridine rings is 1. The minimum atomic E-state index is -2.25. The Bertz CT molecular complexity index is 840. The average Bonchev–Trinajstić information content (AvgIpc) is 3.22. The number of nitrogens with zero attached hydrogens (tertiary/aromatic N) is 3. The summed E-state index contributed by atoms with van der Waals surface area (Å²) in [5.74, 6) is -0.563. The Morgan fingerprint density at radius 3 is 3.03 bits per heavy atom. The molecule has 0 radical (unpaired) electrons. The molecule has 0 spiro atoms. The summed E-state index contributed by atoms with van der Waals surface area (Å²) in [7, 11) is 0. The van der Waals surface area contributed by atoms with Crippen LogP contribution in [0.1, 0.15) is 12.8 Å². The second-order valence-corrected chi connectivity index (χ2v) is 7.42. The molecule has 1 aliphatic carbocycles. The van der Waals surface area contributed by atoms with Crippen molar-refractivity contribution in [1.82, 2.24) is 15.6 Å². The van der Waals surface area contributed by atoms with Gasteiger partial charge in [-0.05, 0) is 18.9 Å². The van der Waals surface area contributed by atoms with Gasteiger partial charge in [-0.15, -0.1) is 0 Å². The molecule has 160 valence electrons. The molecule has 10 heteroatoms. The van der Waals surface area contributed by atoms with Crippen LogP contribution in [0.25, 0.3) is 0 Å². The normalized spacial score (nSPS) is 25.0. The van der Waals surface area contributed by atoms with E-state index in [1.807, 2.05) is 6.08 Å². The number of hydrogen-bond donors (Lipinski definition) is 4. The second-order valence-electron chi connectivity index (χ2n) is 7.42. The summed E-state index contributed by atoms with van der Waals surface area (Å²) in [6.07, 6.45) is 6.69. The quantitative estimate of drug-likeness (QED) is 0.388. The second kappa shape index (κ2) is 9.31. The summed E-state index contributed by atoms with van der Waals surface area (Å²) >= 11 is 0. The van der Waals surface area contributed by atoms with Crippen LogP contribution in [-0.4, -0.2) is 73.7 Å². The zero-order valence-electron chi connectivity index (χ0n) is 16.6. The maximum absolute atomic E-state index is 14.6. The lowest BCUT2D eigenvalue weighted by Crippen LogP contribution is -2.44. The molecule has 2 aliphatic heterocycles. The van der Waals surface area contributed by atoms with Gasteiger partial charge in [0.25, 0.3) is 12.3 Å². The van der Waals surface area contributed by atoms with Crippen molar-refractivity contribution in [1.29, 1.82) is 5.41 Å². The van der Waals surface area contributed by atoms with Gasteiger partial charge < -0.3 is 31.0 Å². The van der Waals surface area contributed by atoms with Gasteiger partial charge in [0, 0.05) is 38.6 Å². The molecular weight excluding hydrogens is 389 g/mol. The van der Waals surface area contributed by atoms with Crippen LogP contribution >= 0.6 is 0 Å². The maximum Gasteiger partial charge on any atom is 0.286 e. The summed E-state index contributed by atoms with van der Waals surface area (Å²) < 4.78 is 19.9. The van der Waals surface area contributed by atoms with Crippen LogP contribution in [0.2, 0.25) is 0 Å². The molecule has 1 saturated heterocycles. The number of halogens is 1. The van der Waals surface area contributed by atoms with Gasteiger partial charge in [0.2, 0.25) is 0 Å². The Labute approximate surface area is 174 Å². The molecule has 1 aromatic heterocycles. The van der Waals surface area contributed by atoms with Gasteiger partial charge in [-0.3, -0.25) is 14.8 Å². The Morgan fingerprint density at radius 2 is 2.27 bits per heavy atom. The SMILES string of the molecule is N=CC(OC(F)C(=O)Nc1cnccc1N1CCNCC1)C1=NC2C=CCCC2N1. The molecule has 4 rings (SSSR count). The summed E-state index contributed by atoms with van der Waals surface area (Å²) in [5.41, 5.74) is 1.21. The van der Waals surface area contributed by atoms with Crippen molar-refractivity contribution in [3.8, 4) is 0 Å². The number of amides is 1. The van der Waals surface area contributed by atoms with Crippen molar-refractivity contribution in [2.24, 2.45) is 4.99 Å². The standard InChI is InChI=1S/C20H26FN7O2/c21-18(30-17(11-22)19-25-13-3-1-2-4-14(13)26-19)20(29)27-15-12-24-6-5-16(15)28-9-7-23-8-10-28/h1,3,5-6,11-14,17-18,22-23H,2,4,7-10H2,(H,25,26)(H,27,29).